The summed E-state index contributed by atoms with van der Waals surface area (Å²) in [6.07, 6.45) is 6.27. The Hall–Kier alpha value is -1.44. The minimum atomic E-state index is 0.834. The number of hydrogen-bond donors (Lipinski definition) is 1. The second-order valence-electron chi connectivity index (χ2n) is 3.26. The summed E-state index contributed by atoms with van der Waals surface area (Å²) < 4.78 is 5.50. The maximum atomic E-state index is 5.85. The summed E-state index contributed by atoms with van der Waals surface area (Å²) in [5, 5.41) is 0. The van der Waals surface area contributed by atoms with Crippen molar-refractivity contribution in [2.75, 3.05) is 0 Å². The van der Waals surface area contributed by atoms with E-state index < -0.39 is 0 Å². The van der Waals surface area contributed by atoms with Gasteiger partial charge in [-0.3, -0.25) is 0 Å². The van der Waals surface area contributed by atoms with E-state index in [-0.39, 0.29) is 0 Å². The average Bonchev–Trinajstić information content (AvgIpc) is 2.53. The summed E-state index contributed by atoms with van der Waals surface area (Å²) in [5.41, 5.74) is 7.73. The van der Waals surface area contributed by atoms with E-state index in [1.807, 2.05) is 25.1 Å². The molecule has 2 rings (SSSR count). The first-order valence-electron chi connectivity index (χ1n) is 4.50. The molecule has 1 aromatic rings. The van der Waals surface area contributed by atoms with E-state index >= 15 is 0 Å². The van der Waals surface area contributed by atoms with Crippen LogP contribution in [0.15, 0.2) is 34.4 Å². The first-order valence-corrected chi connectivity index (χ1v) is 4.50. The van der Waals surface area contributed by atoms with Crippen molar-refractivity contribution in [1.82, 2.24) is 0 Å². The molecule has 0 aliphatic heterocycles. The number of nitrogens with two attached hydrogens (primary N) is 1. The Kier molecular flexibility index (Phi) is 1.97. The van der Waals surface area contributed by atoms with Crippen molar-refractivity contribution >= 4 is 5.57 Å². The van der Waals surface area contributed by atoms with Gasteiger partial charge in [0.25, 0.3) is 0 Å². The normalized spacial score (nSPS) is 16.7. The second-order valence-corrected chi connectivity index (χ2v) is 3.26. The molecule has 0 amide bonds. The van der Waals surface area contributed by atoms with Crippen LogP contribution in [-0.2, 0) is 0 Å². The fourth-order valence-electron chi connectivity index (χ4n) is 1.52. The molecule has 0 unspecified atom stereocenters. The van der Waals surface area contributed by atoms with Crippen LogP contribution in [-0.4, -0.2) is 0 Å². The highest BCUT2D eigenvalue weighted by Gasteiger charge is 2.10. The van der Waals surface area contributed by atoms with E-state index in [1.54, 1.807) is 0 Å². The van der Waals surface area contributed by atoms with E-state index in [0.29, 0.717) is 0 Å². The number of aryl methyl sites for hydroxylation is 1. The van der Waals surface area contributed by atoms with Gasteiger partial charge in [-0.1, -0.05) is 12.2 Å². The fourth-order valence-corrected chi connectivity index (χ4v) is 1.52. The summed E-state index contributed by atoms with van der Waals surface area (Å²) in [6.45, 7) is 1.94. The molecule has 2 heteroatoms. The molecule has 0 saturated carbocycles. The van der Waals surface area contributed by atoms with Crippen molar-refractivity contribution < 1.29 is 4.42 Å². The van der Waals surface area contributed by atoms with Crippen LogP contribution in [0.25, 0.3) is 5.57 Å². The number of allylic oxidation sites excluding steroid dienone is 3. The first kappa shape index (κ1) is 8.17. The molecule has 1 aromatic heterocycles. The number of hydrogen-bond acceptors (Lipinski definition) is 2. The quantitative estimate of drug-likeness (QED) is 0.712. The highest BCUT2D eigenvalue weighted by molar-refractivity contribution is 5.76. The van der Waals surface area contributed by atoms with E-state index in [4.69, 9.17) is 10.2 Å². The maximum absolute atomic E-state index is 5.85. The van der Waals surface area contributed by atoms with Gasteiger partial charge in [0.05, 0.1) is 0 Å². The first-order chi connectivity index (χ1) is 6.27. The minimum absolute atomic E-state index is 0.834. The Morgan fingerprint density at radius 2 is 2.00 bits per heavy atom. The standard InChI is InChI=1S/C11H13NO/c1-8-6-7-11(13-8)9-4-2-3-5-10(9)12/h4-7H,2-3,12H2,1H3. The van der Waals surface area contributed by atoms with Crippen LogP contribution in [0.5, 0.6) is 0 Å². The van der Waals surface area contributed by atoms with Crippen LogP contribution < -0.4 is 5.73 Å². The van der Waals surface area contributed by atoms with Gasteiger partial charge in [0.1, 0.15) is 11.5 Å². The van der Waals surface area contributed by atoms with Crippen molar-refractivity contribution in [3.63, 3.8) is 0 Å². The van der Waals surface area contributed by atoms with Gasteiger partial charge >= 0.3 is 0 Å². The summed E-state index contributed by atoms with van der Waals surface area (Å²) in [5.74, 6) is 1.81. The van der Waals surface area contributed by atoms with Gasteiger partial charge in [0, 0.05) is 11.3 Å². The highest BCUT2D eigenvalue weighted by atomic mass is 16.3. The molecular formula is C11H13NO. The molecule has 0 saturated heterocycles. The van der Waals surface area contributed by atoms with Crippen molar-refractivity contribution in [2.45, 2.75) is 19.8 Å². The fraction of sp³-hybridized carbons (Fsp3) is 0.273. The van der Waals surface area contributed by atoms with Crippen LogP contribution >= 0.6 is 0 Å². The summed E-state index contributed by atoms with van der Waals surface area (Å²) in [6, 6.07) is 3.92. The number of furan rings is 1. The zero-order chi connectivity index (χ0) is 9.26. The molecule has 0 fully saturated rings. The maximum Gasteiger partial charge on any atom is 0.135 e. The Labute approximate surface area is 77.7 Å². The number of rotatable bonds is 1. The molecule has 0 bridgehead atoms. The van der Waals surface area contributed by atoms with Gasteiger partial charge in [-0.2, -0.15) is 0 Å². The third kappa shape index (κ3) is 1.52. The van der Waals surface area contributed by atoms with E-state index in [9.17, 15) is 0 Å². The lowest BCUT2D eigenvalue weighted by molar-refractivity contribution is 0.521. The Morgan fingerprint density at radius 3 is 2.62 bits per heavy atom. The smallest absolute Gasteiger partial charge is 0.135 e. The Morgan fingerprint density at radius 1 is 1.23 bits per heavy atom. The van der Waals surface area contributed by atoms with Gasteiger partial charge < -0.3 is 10.2 Å². The van der Waals surface area contributed by atoms with Gasteiger partial charge in [0.15, 0.2) is 0 Å². The monoisotopic (exact) mass is 175 g/mol. The summed E-state index contributed by atoms with van der Waals surface area (Å²) in [4.78, 5) is 0. The third-order valence-electron chi connectivity index (χ3n) is 2.20. The molecule has 1 aliphatic carbocycles. The molecule has 0 spiro atoms. The molecule has 0 aromatic carbocycles. The van der Waals surface area contributed by atoms with Crippen molar-refractivity contribution in [1.29, 1.82) is 0 Å². The van der Waals surface area contributed by atoms with Crippen LogP contribution in [0.1, 0.15) is 24.4 Å². The van der Waals surface area contributed by atoms with E-state index in [0.717, 1.165) is 35.6 Å². The van der Waals surface area contributed by atoms with Crippen molar-refractivity contribution in [3.05, 3.63) is 41.5 Å². The molecular weight excluding hydrogens is 162 g/mol. The average molecular weight is 175 g/mol. The lowest BCUT2D eigenvalue weighted by Gasteiger charge is -2.09. The second kappa shape index (κ2) is 3.13. The van der Waals surface area contributed by atoms with Crippen molar-refractivity contribution in [2.24, 2.45) is 5.73 Å². The summed E-state index contributed by atoms with van der Waals surface area (Å²) in [7, 11) is 0. The lowest BCUT2D eigenvalue weighted by Crippen LogP contribution is -2.02. The van der Waals surface area contributed by atoms with Crippen LogP contribution in [0.2, 0.25) is 0 Å². The van der Waals surface area contributed by atoms with E-state index in [2.05, 4.69) is 6.08 Å². The Bertz CT molecular complexity index is 371. The molecule has 13 heavy (non-hydrogen) atoms. The van der Waals surface area contributed by atoms with Gasteiger partial charge in [-0.15, -0.1) is 0 Å². The summed E-state index contributed by atoms with van der Waals surface area (Å²) >= 11 is 0. The van der Waals surface area contributed by atoms with Gasteiger partial charge in [0.2, 0.25) is 0 Å². The van der Waals surface area contributed by atoms with Crippen LogP contribution in [0, 0.1) is 6.92 Å². The van der Waals surface area contributed by atoms with E-state index in [1.165, 1.54) is 0 Å². The molecule has 2 nitrogen and oxygen atoms in total. The molecule has 0 radical (unpaired) electrons. The zero-order valence-corrected chi connectivity index (χ0v) is 7.71. The van der Waals surface area contributed by atoms with Gasteiger partial charge in [-0.25, -0.2) is 0 Å². The zero-order valence-electron chi connectivity index (χ0n) is 7.71. The SMILES string of the molecule is Cc1ccc(C2=CCCC=C2N)o1. The molecule has 1 aliphatic rings. The largest absolute Gasteiger partial charge is 0.461 e. The molecule has 2 N–H and O–H groups in total. The molecule has 0 atom stereocenters. The molecule has 1 heterocycles. The topological polar surface area (TPSA) is 39.2 Å². The Balaban J connectivity index is 2.36. The highest BCUT2D eigenvalue weighted by Crippen LogP contribution is 2.26. The predicted molar refractivity (Wildman–Crippen MR) is 52.9 cm³/mol. The van der Waals surface area contributed by atoms with Crippen LogP contribution in [0.4, 0.5) is 0 Å². The molecule has 68 valence electrons. The van der Waals surface area contributed by atoms with Crippen molar-refractivity contribution in [3.8, 4) is 0 Å². The predicted octanol–water partition coefficient (Wildman–Crippen LogP) is 2.61. The van der Waals surface area contributed by atoms with Crippen LogP contribution in [0.3, 0.4) is 0 Å². The minimum Gasteiger partial charge on any atom is -0.461 e. The van der Waals surface area contributed by atoms with Gasteiger partial charge in [-0.05, 0) is 31.9 Å². The lowest BCUT2D eigenvalue weighted by atomic mass is 10.0. The third-order valence-corrected chi connectivity index (χ3v) is 2.20.